The number of allylic oxidation sites excluding steroid dienone is 1. The van der Waals surface area contributed by atoms with Crippen LogP contribution in [0.5, 0.6) is 0 Å². The van der Waals surface area contributed by atoms with Crippen LogP contribution < -0.4 is 0 Å². The van der Waals surface area contributed by atoms with Crippen LogP contribution in [0, 0.1) is 34.5 Å². The lowest BCUT2D eigenvalue weighted by Crippen LogP contribution is -2.53. The van der Waals surface area contributed by atoms with Gasteiger partial charge in [-0.15, -0.1) is 0 Å². The summed E-state index contributed by atoms with van der Waals surface area (Å²) in [6.45, 7) is 6.44. The molecular formula is C29H42N2OS. The first-order valence-corrected chi connectivity index (χ1v) is 14.4. The molecule has 1 aromatic heterocycles. The van der Waals surface area contributed by atoms with E-state index < -0.39 is 0 Å². The number of hydrogen-bond acceptors (Lipinski definition) is 3. The van der Waals surface area contributed by atoms with Gasteiger partial charge in [0.15, 0.2) is 0 Å². The summed E-state index contributed by atoms with van der Waals surface area (Å²) in [5, 5.41) is 4.18. The van der Waals surface area contributed by atoms with Gasteiger partial charge in [0, 0.05) is 25.7 Å². The molecular weight excluding hydrogens is 424 g/mol. The van der Waals surface area contributed by atoms with Crippen LogP contribution in [-0.4, -0.2) is 48.4 Å². The molecule has 1 aliphatic heterocycles. The molecule has 1 spiro atoms. The van der Waals surface area contributed by atoms with Crippen molar-refractivity contribution in [2.24, 2.45) is 34.5 Å². The number of likely N-dealkylation sites (tertiary alicyclic amines) is 1. The number of carbonyl (C=O) groups excluding carboxylic acids is 1. The van der Waals surface area contributed by atoms with Crippen LogP contribution in [0.15, 0.2) is 28.5 Å². The molecule has 0 aromatic carbocycles. The van der Waals surface area contributed by atoms with E-state index >= 15 is 0 Å². The smallest absolute Gasteiger partial charge is 0.227 e. The third-order valence-corrected chi connectivity index (χ3v) is 12.3. The Hall–Kier alpha value is -1.13. The van der Waals surface area contributed by atoms with Gasteiger partial charge in [-0.1, -0.05) is 18.6 Å². The molecule has 6 rings (SSSR count). The third-order valence-electron chi connectivity index (χ3n) is 11.6. The first kappa shape index (κ1) is 22.3. The van der Waals surface area contributed by atoms with Crippen molar-refractivity contribution in [3.63, 3.8) is 0 Å². The predicted molar refractivity (Wildman–Crippen MR) is 136 cm³/mol. The molecule has 3 nitrogen and oxygen atoms in total. The van der Waals surface area contributed by atoms with E-state index in [1.54, 1.807) is 16.9 Å². The van der Waals surface area contributed by atoms with Gasteiger partial charge in [0.2, 0.25) is 5.91 Å². The van der Waals surface area contributed by atoms with Crippen molar-refractivity contribution in [1.82, 2.24) is 9.80 Å². The van der Waals surface area contributed by atoms with E-state index in [9.17, 15) is 4.79 Å². The van der Waals surface area contributed by atoms with Crippen LogP contribution >= 0.6 is 11.3 Å². The lowest BCUT2D eigenvalue weighted by molar-refractivity contribution is -0.132. The number of amides is 1. The molecule has 3 saturated carbocycles. The van der Waals surface area contributed by atoms with Gasteiger partial charge in [-0.3, -0.25) is 4.79 Å². The summed E-state index contributed by atoms with van der Waals surface area (Å²) in [4.78, 5) is 17.7. The van der Waals surface area contributed by atoms with Crippen molar-refractivity contribution in [3.8, 4) is 0 Å². The Morgan fingerprint density at radius 2 is 2.00 bits per heavy atom. The second-order valence-corrected chi connectivity index (χ2v) is 13.4. The van der Waals surface area contributed by atoms with Crippen LogP contribution in [0.4, 0.5) is 0 Å². The molecule has 0 bridgehead atoms. The number of rotatable bonds is 3. The molecule has 4 heteroatoms. The van der Waals surface area contributed by atoms with Gasteiger partial charge in [0.05, 0.1) is 6.42 Å². The van der Waals surface area contributed by atoms with Crippen LogP contribution in [0.2, 0.25) is 0 Å². The average molecular weight is 467 g/mol. The largest absolute Gasteiger partial charge is 0.342 e. The van der Waals surface area contributed by atoms with Crippen LogP contribution in [0.1, 0.15) is 70.8 Å². The van der Waals surface area contributed by atoms with E-state index in [-0.39, 0.29) is 5.91 Å². The first-order valence-electron chi connectivity index (χ1n) is 13.5. The molecule has 5 aliphatic rings. The Kier molecular flexibility index (Phi) is 5.38. The number of fused-ring (bicyclic) bond motifs is 4. The van der Waals surface area contributed by atoms with E-state index in [0.717, 1.165) is 41.7 Å². The lowest BCUT2D eigenvalue weighted by atomic mass is 9.47. The minimum absolute atomic E-state index is 0.285. The fourth-order valence-electron chi connectivity index (χ4n) is 9.67. The van der Waals surface area contributed by atoms with Crippen molar-refractivity contribution < 1.29 is 4.79 Å². The van der Waals surface area contributed by atoms with Gasteiger partial charge in [0.25, 0.3) is 0 Å². The average Bonchev–Trinajstić information content (AvgIpc) is 3.49. The quantitative estimate of drug-likeness (QED) is 0.509. The first-order chi connectivity index (χ1) is 15.8. The number of nitrogens with zero attached hydrogens (tertiary/aromatic N) is 2. The van der Waals surface area contributed by atoms with Gasteiger partial charge in [-0.05, 0) is 122 Å². The maximum Gasteiger partial charge on any atom is 0.227 e. The topological polar surface area (TPSA) is 23.6 Å². The highest BCUT2D eigenvalue weighted by atomic mass is 32.1. The Bertz CT molecular complexity index is 939. The molecule has 8 unspecified atom stereocenters. The number of hydrogen-bond donors (Lipinski definition) is 0. The third kappa shape index (κ3) is 3.26. The van der Waals surface area contributed by atoms with Gasteiger partial charge in [-0.25, -0.2) is 0 Å². The van der Waals surface area contributed by atoms with E-state index in [1.165, 1.54) is 51.5 Å². The molecule has 0 radical (unpaired) electrons. The number of likely N-dealkylation sites (N-methyl/N-ethyl adjacent to an activating group) is 1. The predicted octanol–water partition coefficient (Wildman–Crippen LogP) is 6.01. The molecule has 8 atom stereocenters. The Morgan fingerprint density at radius 3 is 2.79 bits per heavy atom. The minimum atomic E-state index is 0.285. The van der Waals surface area contributed by atoms with Gasteiger partial charge in [-0.2, -0.15) is 11.3 Å². The number of thiophene rings is 1. The molecule has 2 heterocycles. The van der Waals surface area contributed by atoms with Gasteiger partial charge >= 0.3 is 0 Å². The summed E-state index contributed by atoms with van der Waals surface area (Å²) in [7, 11) is 4.42. The highest BCUT2D eigenvalue weighted by Gasteiger charge is 2.64. The Labute approximate surface area is 204 Å². The molecule has 1 aromatic rings. The van der Waals surface area contributed by atoms with Crippen molar-refractivity contribution in [2.75, 3.05) is 20.6 Å². The van der Waals surface area contributed by atoms with Crippen LogP contribution in [-0.2, 0) is 11.2 Å². The maximum atomic E-state index is 13.0. The molecule has 180 valence electrons. The SMILES string of the molecule is CC1C2CCC3C4CC=C5CC(N(C)C(=O)Cc6ccsc6)CCC5(C)C4CCC32CN1C. The van der Waals surface area contributed by atoms with Gasteiger partial charge < -0.3 is 9.80 Å². The summed E-state index contributed by atoms with van der Waals surface area (Å²) in [6, 6.07) is 3.24. The fraction of sp³-hybridized carbons (Fsp3) is 0.759. The molecule has 1 amide bonds. The minimum Gasteiger partial charge on any atom is -0.342 e. The molecule has 4 fully saturated rings. The van der Waals surface area contributed by atoms with E-state index in [4.69, 9.17) is 0 Å². The molecule has 33 heavy (non-hydrogen) atoms. The zero-order valence-electron chi connectivity index (χ0n) is 21.1. The monoisotopic (exact) mass is 466 g/mol. The standard InChI is InChI=1S/C29H42N2OS/c1-19-24-7-8-26-23-6-5-21-16-22(31(4)27(32)15-20-11-14-33-17-20)9-12-28(21,2)25(23)10-13-29(24,26)18-30(19)3/h5,11,14,17,19,22-26H,6-10,12-13,15-16,18H2,1-4H3. The van der Waals surface area contributed by atoms with Crippen molar-refractivity contribution in [1.29, 1.82) is 0 Å². The zero-order valence-corrected chi connectivity index (χ0v) is 21.9. The van der Waals surface area contributed by atoms with Crippen molar-refractivity contribution in [3.05, 3.63) is 34.0 Å². The normalized spacial score (nSPS) is 44.4. The molecule has 0 N–H and O–H groups in total. The summed E-state index contributed by atoms with van der Waals surface area (Å²) in [5.74, 6) is 3.92. The van der Waals surface area contributed by atoms with Crippen molar-refractivity contribution in [2.45, 2.75) is 83.7 Å². The van der Waals surface area contributed by atoms with Crippen LogP contribution in [0.3, 0.4) is 0 Å². The lowest BCUT2D eigenvalue weighted by Gasteiger charge is -2.58. The second-order valence-electron chi connectivity index (χ2n) is 12.6. The second kappa shape index (κ2) is 7.95. The summed E-state index contributed by atoms with van der Waals surface area (Å²) in [6.07, 6.45) is 13.9. The van der Waals surface area contributed by atoms with E-state index in [0.29, 0.717) is 23.3 Å². The number of carbonyl (C=O) groups is 1. The summed E-state index contributed by atoms with van der Waals surface area (Å²) < 4.78 is 0. The highest BCUT2D eigenvalue weighted by Crippen LogP contribution is 2.68. The Balaban J connectivity index is 1.19. The van der Waals surface area contributed by atoms with Gasteiger partial charge in [0.1, 0.15) is 0 Å². The highest BCUT2D eigenvalue weighted by molar-refractivity contribution is 7.08. The van der Waals surface area contributed by atoms with Crippen LogP contribution in [0.25, 0.3) is 0 Å². The summed E-state index contributed by atoms with van der Waals surface area (Å²) >= 11 is 1.68. The maximum absolute atomic E-state index is 13.0. The Morgan fingerprint density at radius 1 is 1.18 bits per heavy atom. The van der Waals surface area contributed by atoms with Crippen molar-refractivity contribution >= 4 is 17.2 Å². The molecule has 4 aliphatic carbocycles. The zero-order chi connectivity index (χ0) is 23.0. The van der Waals surface area contributed by atoms with E-state index in [2.05, 4.69) is 60.6 Å². The van der Waals surface area contributed by atoms with E-state index in [1.807, 2.05) is 0 Å². The summed E-state index contributed by atoms with van der Waals surface area (Å²) in [5.41, 5.74) is 3.84. The fourth-order valence-corrected chi connectivity index (χ4v) is 10.3. The molecule has 1 saturated heterocycles.